The van der Waals surface area contributed by atoms with Crippen molar-refractivity contribution in [3.8, 4) is 11.8 Å². The Balaban J connectivity index is 1.91. The van der Waals surface area contributed by atoms with E-state index in [9.17, 15) is 5.11 Å². The Morgan fingerprint density at radius 1 is 1.05 bits per heavy atom. The van der Waals surface area contributed by atoms with Crippen LogP contribution in [0.4, 0.5) is 0 Å². The van der Waals surface area contributed by atoms with Gasteiger partial charge in [-0.05, 0) is 38.1 Å². The molecule has 0 aliphatic carbocycles. The number of nitrogens with zero attached hydrogens (tertiary/aromatic N) is 2. The molecule has 1 aromatic heterocycles. The molecule has 0 saturated carbocycles. The Hall–Kier alpha value is -2.15. The van der Waals surface area contributed by atoms with E-state index in [2.05, 4.69) is 21.7 Å². The summed E-state index contributed by atoms with van der Waals surface area (Å²) in [4.78, 5) is 6.63. The summed E-state index contributed by atoms with van der Waals surface area (Å²) >= 11 is 0. The quantitative estimate of drug-likeness (QED) is 0.883. The average molecular weight is 292 g/mol. The minimum Gasteiger partial charge on any atom is -0.368 e. The largest absolute Gasteiger partial charge is 0.368 e. The molecule has 2 aromatic rings. The van der Waals surface area contributed by atoms with Crippen LogP contribution in [0, 0.1) is 11.8 Å². The van der Waals surface area contributed by atoms with Gasteiger partial charge in [-0.25, -0.2) is 0 Å². The highest BCUT2D eigenvalue weighted by atomic mass is 16.3. The SMILES string of the molecule is OC(C#CCN1CCCC1)(c1ccccc1)c1ccccn1. The standard InChI is InChI=1S/C19H20N2O/c22-19(17-9-2-1-3-10-17,18-11-4-5-13-20-18)12-8-16-21-14-6-7-15-21/h1-5,9-11,13,22H,6-7,14-16H2. The summed E-state index contributed by atoms with van der Waals surface area (Å²) in [6.07, 6.45) is 4.17. The molecule has 1 fully saturated rings. The van der Waals surface area contributed by atoms with Crippen molar-refractivity contribution in [2.24, 2.45) is 0 Å². The Kier molecular flexibility index (Phi) is 4.53. The van der Waals surface area contributed by atoms with Crippen molar-refractivity contribution in [3.05, 3.63) is 66.0 Å². The third-order valence-electron chi connectivity index (χ3n) is 4.00. The number of pyridine rings is 1. The van der Waals surface area contributed by atoms with Crippen molar-refractivity contribution in [1.82, 2.24) is 9.88 Å². The van der Waals surface area contributed by atoms with E-state index in [4.69, 9.17) is 0 Å². The van der Waals surface area contributed by atoms with Gasteiger partial charge in [-0.15, -0.1) is 0 Å². The molecule has 3 rings (SSSR count). The van der Waals surface area contributed by atoms with E-state index < -0.39 is 5.60 Å². The van der Waals surface area contributed by atoms with E-state index >= 15 is 0 Å². The first kappa shape index (κ1) is 14.8. The first-order valence-corrected chi connectivity index (χ1v) is 7.71. The van der Waals surface area contributed by atoms with Crippen molar-refractivity contribution >= 4 is 0 Å². The maximum atomic E-state index is 11.2. The maximum Gasteiger partial charge on any atom is 0.194 e. The van der Waals surface area contributed by atoms with E-state index in [1.54, 1.807) is 6.20 Å². The molecule has 0 spiro atoms. The highest BCUT2D eigenvalue weighted by Gasteiger charge is 2.30. The third kappa shape index (κ3) is 3.19. The molecule has 1 saturated heterocycles. The molecule has 1 unspecified atom stereocenters. The second-order valence-electron chi connectivity index (χ2n) is 5.58. The Morgan fingerprint density at radius 2 is 1.77 bits per heavy atom. The molecule has 1 atom stereocenters. The number of aromatic nitrogens is 1. The summed E-state index contributed by atoms with van der Waals surface area (Å²) in [5.41, 5.74) is -0.0415. The van der Waals surface area contributed by atoms with Crippen LogP contribution in [-0.4, -0.2) is 34.6 Å². The lowest BCUT2D eigenvalue weighted by Crippen LogP contribution is -2.27. The molecule has 1 aromatic carbocycles. The van der Waals surface area contributed by atoms with Gasteiger partial charge in [-0.1, -0.05) is 48.2 Å². The molecule has 2 heterocycles. The van der Waals surface area contributed by atoms with Crippen LogP contribution in [0.2, 0.25) is 0 Å². The van der Waals surface area contributed by atoms with Gasteiger partial charge in [-0.2, -0.15) is 0 Å². The molecule has 0 radical (unpaired) electrons. The minimum atomic E-state index is -1.36. The van der Waals surface area contributed by atoms with E-state index in [1.165, 1.54) is 12.8 Å². The lowest BCUT2D eigenvalue weighted by molar-refractivity contribution is 0.140. The fourth-order valence-electron chi connectivity index (χ4n) is 2.76. The molecule has 112 valence electrons. The zero-order chi connectivity index (χ0) is 15.3. The van der Waals surface area contributed by atoms with Crippen LogP contribution in [0.5, 0.6) is 0 Å². The minimum absolute atomic E-state index is 0.565. The molecular weight excluding hydrogens is 272 g/mol. The number of likely N-dealkylation sites (tertiary alicyclic amines) is 1. The van der Waals surface area contributed by atoms with Gasteiger partial charge in [0.15, 0.2) is 5.60 Å². The number of aliphatic hydroxyl groups is 1. The van der Waals surface area contributed by atoms with E-state index in [0.717, 1.165) is 18.7 Å². The van der Waals surface area contributed by atoms with Crippen LogP contribution >= 0.6 is 0 Å². The predicted molar refractivity (Wildman–Crippen MR) is 87.1 cm³/mol. The van der Waals surface area contributed by atoms with E-state index in [-0.39, 0.29) is 0 Å². The number of hydrogen-bond acceptors (Lipinski definition) is 3. The van der Waals surface area contributed by atoms with Crippen molar-refractivity contribution in [2.75, 3.05) is 19.6 Å². The smallest absolute Gasteiger partial charge is 0.194 e. The van der Waals surface area contributed by atoms with Gasteiger partial charge in [0.1, 0.15) is 0 Å². The number of rotatable bonds is 3. The van der Waals surface area contributed by atoms with Crippen molar-refractivity contribution in [3.63, 3.8) is 0 Å². The van der Waals surface area contributed by atoms with Gasteiger partial charge in [0.05, 0.1) is 12.2 Å². The van der Waals surface area contributed by atoms with E-state index in [0.29, 0.717) is 12.2 Å². The van der Waals surface area contributed by atoms with Gasteiger partial charge in [-0.3, -0.25) is 9.88 Å². The first-order chi connectivity index (χ1) is 10.8. The van der Waals surface area contributed by atoms with Gasteiger partial charge >= 0.3 is 0 Å². The van der Waals surface area contributed by atoms with Crippen LogP contribution in [0.25, 0.3) is 0 Å². The second-order valence-corrected chi connectivity index (χ2v) is 5.58. The Morgan fingerprint density at radius 3 is 2.45 bits per heavy atom. The van der Waals surface area contributed by atoms with Crippen molar-refractivity contribution < 1.29 is 5.11 Å². The zero-order valence-electron chi connectivity index (χ0n) is 12.6. The summed E-state index contributed by atoms with van der Waals surface area (Å²) in [7, 11) is 0. The van der Waals surface area contributed by atoms with Gasteiger partial charge in [0, 0.05) is 11.8 Å². The molecule has 1 aliphatic heterocycles. The monoisotopic (exact) mass is 292 g/mol. The lowest BCUT2D eigenvalue weighted by Gasteiger charge is -2.22. The molecule has 1 N–H and O–H groups in total. The Labute approximate surface area is 131 Å². The van der Waals surface area contributed by atoms with Crippen molar-refractivity contribution in [1.29, 1.82) is 0 Å². The zero-order valence-corrected chi connectivity index (χ0v) is 12.6. The maximum absolute atomic E-state index is 11.2. The molecule has 0 bridgehead atoms. The molecule has 3 heteroatoms. The van der Waals surface area contributed by atoms with Crippen LogP contribution in [0.15, 0.2) is 54.7 Å². The molecule has 1 aliphatic rings. The first-order valence-electron chi connectivity index (χ1n) is 7.71. The molecule has 3 nitrogen and oxygen atoms in total. The molecular formula is C19H20N2O. The lowest BCUT2D eigenvalue weighted by atomic mass is 9.90. The van der Waals surface area contributed by atoms with Gasteiger partial charge in [0.2, 0.25) is 0 Å². The van der Waals surface area contributed by atoms with Crippen LogP contribution in [0.3, 0.4) is 0 Å². The predicted octanol–water partition coefficient (Wildman–Crippen LogP) is 2.42. The fraction of sp³-hybridized carbons (Fsp3) is 0.316. The van der Waals surface area contributed by atoms with Gasteiger partial charge < -0.3 is 5.11 Å². The average Bonchev–Trinajstić information content (AvgIpc) is 3.10. The normalized spacial score (nSPS) is 17.5. The summed E-state index contributed by atoms with van der Waals surface area (Å²) in [5, 5.41) is 11.2. The highest BCUT2D eigenvalue weighted by Crippen LogP contribution is 2.27. The summed E-state index contributed by atoms with van der Waals surface area (Å²) in [6, 6.07) is 15.1. The highest BCUT2D eigenvalue weighted by molar-refractivity contribution is 5.41. The molecule has 0 amide bonds. The fourth-order valence-corrected chi connectivity index (χ4v) is 2.76. The number of benzene rings is 1. The van der Waals surface area contributed by atoms with Crippen LogP contribution in [0.1, 0.15) is 24.1 Å². The summed E-state index contributed by atoms with van der Waals surface area (Å²) in [5.74, 6) is 6.21. The second kappa shape index (κ2) is 6.74. The topological polar surface area (TPSA) is 36.4 Å². The molecule has 22 heavy (non-hydrogen) atoms. The number of hydrogen-bond donors (Lipinski definition) is 1. The Bertz CT molecular complexity index is 613. The van der Waals surface area contributed by atoms with Crippen LogP contribution < -0.4 is 0 Å². The van der Waals surface area contributed by atoms with E-state index in [1.807, 2.05) is 48.5 Å². The van der Waals surface area contributed by atoms with Gasteiger partial charge in [0.25, 0.3) is 0 Å². The third-order valence-corrected chi connectivity index (χ3v) is 4.00. The summed E-state index contributed by atoms with van der Waals surface area (Å²) < 4.78 is 0. The van der Waals surface area contributed by atoms with Crippen LogP contribution in [-0.2, 0) is 5.60 Å². The summed E-state index contributed by atoms with van der Waals surface area (Å²) in [6.45, 7) is 2.89. The van der Waals surface area contributed by atoms with Crippen molar-refractivity contribution in [2.45, 2.75) is 18.4 Å².